The van der Waals surface area contributed by atoms with E-state index in [2.05, 4.69) is 0 Å². The Kier molecular flexibility index (Phi) is 7.90. The van der Waals surface area contributed by atoms with Crippen molar-refractivity contribution < 1.29 is 19.8 Å². The van der Waals surface area contributed by atoms with Crippen LogP contribution in [0.15, 0.2) is 71.8 Å². The normalized spacial score (nSPS) is 10.9. The lowest BCUT2D eigenvalue weighted by Gasteiger charge is -1.93. The summed E-state index contributed by atoms with van der Waals surface area (Å²) >= 11 is 0. The number of rotatable bonds is 4. The van der Waals surface area contributed by atoms with Gasteiger partial charge in [0.15, 0.2) is 0 Å². The molecule has 0 bridgehead atoms. The molecule has 126 valence electrons. The van der Waals surface area contributed by atoms with E-state index in [1.807, 2.05) is 36.4 Å². The third-order valence-electron chi connectivity index (χ3n) is 2.98. The molecule has 25 heavy (non-hydrogen) atoms. The minimum absolute atomic E-state index is 0.258. The van der Waals surface area contributed by atoms with Crippen LogP contribution in [0.5, 0.6) is 0 Å². The van der Waals surface area contributed by atoms with E-state index in [0.717, 1.165) is 5.56 Å². The first-order chi connectivity index (χ1) is 11.9. The van der Waals surface area contributed by atoms with E-state index >= 15 is 0 Å². The van der Waals surface area contributed by atoms with Crippen LogP contribution in [0, 0.1) is 11.3 Å². The molecule has 2 aromatic rings. The highest BCUT2D eigenvalue weighted by Gasteiger charge is 2.04. The summed E-state index contributed by atoms with van der Waals surface area (Å²) in [4.78, 5) is 20.9. The zero-order chi connectivity index (χ0) is 18.7. The lowest BCUT2D eigenvalue weighted by molar-refractivity contribution is -0.133. The fraction of sp³-hybridized carbons (Fsp3) is 0.0500. The van der Waals surface area contributed by atoms with Gasteiger partial charge in [-0.15, -0.1) is 0 Å². The van der Waals surface area contributed by atoms with Crippen LogP contribution in [0.25, 0.3) is 12.2 Å². The van der Waals surface area contributed by atoms with Crippen LogP contribution in [0.2, 0.25) is 0 Å². The van der Waals surface area contributed by atoms with Gasteiger partial charge in [-0.25, -0.2) is 9.59 Å². The lowest BCUT2D eigenvalue weighted by Crippen LogP contribution is -1.97. The first-order valence-corrected chi connectivity index (χ1v) is 7.31. The smallest absolute Gasteiger partial charge is 0.346 e. The van der Waals surface area contributed by atoms with Crippen LogP contribution in [0.1, 0.15) is 18.1 Å². The summed E-state index contributed by atoms with van der Waals surface area (Å²) in [6.45, 7) is 1.58. The second kappa shape index (κ2) is 10.2. The number of benzene rings is 2. The van der Waals surface area contributed by atoms with E-state index in [1.165, 1.54) is 6.08 Å². The molecule has 0 saturated carbocycles. The highest BCUT2D eigenvalue weighted by molar-refractivity contribution is 5.96. The molecule has 0 saturated heterocycles. The zero-order valence-corrected chi connectivity index (χ0v) is 13.6. The van der Waals surface area contributed by atoms with Crippen molar-refractivity contribution in [2.45, 2.75) is 6.92 Å². The van der Waals surface area contributed by atoms with Gasteiger partial charge in [-0.05, 0) is 30.2 Å². The summed E-state index contributed by atoms with van der Waals surface area (Å²) < 4.78 is 0. The van der Waals surface area contributed by atoms with Gasteiger partial charge in [-0.3, -0.25) is 0 Å². The van der Waals surface area contributed by atoms with Crippen molar-refractivity contribution in [2.75, 3.05) is 0 Å². The Balaban J connectivity index is 0.000000251. The van der Waals surface area contributed by atoms with E-state index in [4.69, 9.17) is 15.5 Å². The maximum Gasteiger partial charge on any atom is 0.346 e. The van der Waals surface area contributed by atoms with Gasteiger partial charge in [0.1, 0.15) is 11.6 Å². The number of nitrogens with zero attached hydrogens (tertiary/aromatic N) is 1. The Morgan fingerprint density at radius 1 is 0.840 bits per heavy atom. The fourth-order valence-corrected chi connectivity index (χ4v) is 1.72. The molecule has 0 aliphatic carbocycles. The van der Waals surface area contributed by atoms with Gasteiger partial charge in [-0.1, -0.05) is 60.7 Å². The number of carbonyl (C=O) groups is 2. The highest BCUT2D eigenvalue weighted by atomic mass is 16.4. The summed E-state index contributed by atoms with van der Waals surface area (Å²) in [7, 11) is 0. The molecule has 5 nitrogen and oxygen atoms in total. The molecular formula is C20H17NO4. The van der Waals surface area contributed by atoms with Gasteiger partial charge in [0.05, 0.1) is 0 Å². The average molecular weight is 335 g/mol. The average Bonchev–Trinajstić information content (AvgIpc) is 2.61. The van der Waals surface area contributed by atoms with Crippen LogP contribution >= 0.6 is 0 Å². The van der Waals surface area contributed by atoms with Crippen molar-refractivity contribution >= 4 is 24.1 Å². The summed E-state index contributed by atoms with van der Waals surface area (Å²) in [6.07, 6.45) is 2.98. The molecule has 0 aromatic heterocycles. The first-order valence-electron chi connectivity index (χ1n) is 7.31. The summed E-state index contributed by atoms with van der Waals surface area (Å²) in [6, 6.07) is 19.9. The molecule has 2 N–H and O–H groups in total. The van der Waals surface area contributed by atoms with E-state index in [1.54, 1.807) is 43.3 Å². The molecule has 0 spiro atoms. The Bertz CT molecular complexity index is 816. The second-order valence-electron chi connectivity index (χ2n) is 4.93. The predicted octanol–water partition coefficient (Wildman–Crippen LogP) is 3.85. The molecule has 2 aromatic carbocycles. The van der Waals surface area contributed by atoms with Gasteiger partial charge in [0, 0.05) is 5.57 Å². The third-order valence-corrected chi connectivity index (χ3v) is 2.98. The Labute approximate surface area is 145 Å². The number of hydrogen-bond acceptors (Lipinski definition) is 3. The topological polar surface area (TPSA) is 98.4 Å². The summed E-state index contributed by atoms with van der Waals surface area (Å²) in [5.74, 6) is -2.08. The molecule has 0 amide bonds. The van der Waals surface area contributed by atoms with E-state index in [0.29, 0.717) is 11.1 Å². The zero-order valence-electron chi connectivity index (χ0n) is 13.6. The fourth-order valence-electron chi connectivity index (χ4n) is 1.72. The molecule has 0 unspecified atom stereocenters. The van der Waals surface area contributed by atoms with Gasteiger partial charge in [0.2, 0.25) is 0 Å². The molecule has 0 radical (unpaired) electrons. The van der Waals surface area contributed by atoms with Gasteiger partial charge >= 0.3 is 11.9 Å². The molecule has 0 heterocycles. The van der Waals surface area contributed by atoms with Crippen LogP contribution in [-0.2, 0) is 9.59 Å². The summed E-state index contributed by atoms with van der Waals surface area (Å²) in [5, 5.41) is 25.6. The predicted molar refractivity (Wildman–Crippen MR) is 95.4 cm³/mol. The standard InChI is InChI=1S/C10H7NO2.C10H10O2/c11-7-9(10(12)13)6-8-4-2-1-3-5-8;1-8(10(11)12)7-9-5-3-2-4-6-9/h1-6H,(H,12,13);2-7H,1H3,(H,11,12). The Morgan fingerprint density at radius 2 is 1.28 bits per heavy atom. The molecule has 0 aliphatic heterocycles. The minimum Gasteiger partial charge on any atom is -0.478 e. The van der Waals surface area contributed by atoms with Crippen molar-refractivity contribution in [3.05, 3.63) is 82.9 Å². The van der Waals surface area contributed by atoms with Crippen LogP contribution < -0.4 is 0 Å². The second-order valence-corrected chi connectivity index (χ2v) is 4.93. The van der Waals surface area contributed by atoms with Gasteiger partial charge < -0.3 is 10.2 Å². The van der Waals surface area contributed by atoms with Crippen LogP contribution in [0.3, 0.4) is 0 Å². The molecule has 0 aliphatic rings. The van der Waals surface area contributed by atoms with Crippen LogP contribution in [-0.4, -0.2) is 22.2 Å². The number of aliphatic carboxylic acids is 2. The van der Waals surface area contributed by atoms with Crippen molar-refractivity contribution in [3.63, 3.8) is 0 Å². The largest absolute Gasteiger partial charge is 0.478 e. The minimum atomic E-state index is -1.20. The molecule has 0 fully saturated rings. The van der Waals surface area contributed by atoms with Gasteiger partial charge in [0.25, 0.3) is 0 Å². The third kappa shape index (κ3) is 7.44. The Morgan fingerprint density at radius 3 is 1.64 bits per heavy atom. The summed E-state index contributed by atoms with van der Waals surface area (Å²) in [5.41, 5.74) is 1.71. The number of carboxylic acid groups (broad SMARTS) is 2. The number of nitriles is 1. The van der Waals surface area contributed by atoms with Crippen LogP contribution in [0.4, 0.5) is 0 Å². The van der Waals surface area contributed by atoms with Gasteiger partial charge in [-0.2, -0.15) is 5.26 Å². The highest BCUT2D eigenvalue weighted by Crippen LogP contribution is 2.06. The molecule has 2 rings (SSSR count). The maximum absolute atomic E-state index is 10.4. The molecular weight excluding hydrogens is 318 g/mol. The van der Waals surface area contributed by atoms with E-state index in [9.17, 15) is 9.59 Å². The first kappa shape index (κ1) is 19.4. The SMILES string of the molecule is CC(=Cc1ccccc1)C(=O)O.N#CC(=Cc1ccccc1)C(=O)O. The quantitative estimate of drug-likeness (QED) is 0.653. The van der Waals surface area contributed by atoms with Crippen molar-refractivity contribution in [3.8, 4) is 6.07 Å². The van der Waals surface area contributed by atoms with Crippen molar-refractivity contribution in [1.29, 1.82) is 5.26 Å². The number of carboxylic acids is 2. The maximum atomic E-state index is 10.4. The monoisotopic (exact) mass is 335 g/mol. The lowest BCUT2D eigenvalue weighted by atomic mass is 10.1. The Hall–Kier alpha value is -3.65. The van der Waals surface area contributed by atoms with E-state index in [-0.39, 0.29) is 5.57 Å². The molecule has 5 heteroatoms. The van der Waals surface area contributed by atoms with Crippen molar-refractivity contribution in [2.24, 2.45) is 0 Å². The van der Waals surface area contributed by atoms with Crippen molar-refractivity contribution in [1.82, 2.24) is 0 Å². The molecule has 0 atom stereocenters. The number of hydrogen-bond donors (Lipinski definition) is 2. The van der Waals surface area contributed by atoms with E-state index < -0.39 is 11.9 Å².